The Hall–Kier alpha value is -1.97. The third-order valence-electron chi connectivity index (χ3n) is 7.63. The molecule has 2 aromatic carbocycles. The molecule has 4 rings (SSSR count). The zero-order valence-corrected chi connectivity index (χ0v) is 23.3. The quantitative estimate of drug-likeness (QED) is 0.478. The summed E-state index contributed by atoms with van der Waals surface area (Å²) < 4.78 is 32.8. The van der Waals surface area contributed by atoms with E-state index in [1.165, 1.54) is 22.0 Å². The van der Waals surface area contributed by atoms with E-state index in [2.05, 4.69) is 54.6 Å². The fourth-order valence-electron chi connectivity index (χ4n) is 5.66. The standard InChI is InChI=1S/C28H38ClN3O4S/c1-31(2)28(22-6-4-3-5-7-22)23-10-8-21(9-11-23)18-30-27(33)20-36-25-16-17-32(19-25)37(34,35)26-14-12-24(29)13-15-26/h3-7,12-15,21,23,25,28H,8-11,16-20H2,1-2H3,(H,30,33). The van der Waals surface area contributed by atoms with Crippen LogP contribution in [0, 0.1) is 11.8 Å². The lowest BCUT2D eigenvalue weighted by Gasteiger charge is -2.37. The summed E-state index contributed by atoms with van der Waals surface area (Å²) in [4.78, 5) is 15.0. The van der Waals surface area contributed by atoms with Gasteiger partial charge in [-0.15, -0.1) is 0 Å². The zero-order chi connectivity index (χ0) is 26.4. The van der Waals surface area contributed by atoms with Crippen molar-refractivity contribution < 1.29 is 17.9 Å². The van der Waals surface area contributed by atoms with Crippen molar-refractivity contribution in [3.63, 3.8) is 0 Å². The summed E-state index contributed by atoms with van der Waals surface area (Å²) in [6.45, 7) is 1.23. The molecule has 1 aliphatic heterocycles. The van der Waals surface area contributed by atoms with Crippen LogP contribution in [0.2, 0.25) is 5.02 Å². The highest BCUT2D eigenvalue weighted by molar-refractivity contribution is 7.89. The van der Waals surface area contributed by atoms with E-state index < -0.39 is 10.0 Å². The number of benzene rings is 2. The first kappa shape index (κ1) is 28.0. The van der Waals surface area contributed by atoms with E-state index in [9.17, 15) is 13.2 Å². The second kappa shape index (κ2) is 12.7. The van der Waals surface area contributed by atoms with Crippen LogP contribution in [-0.4, -0.2) is 70.0 Å². The highest BCUT2D eigenvalue weighted by Crippen LogP contribution is 2.39. The first-order chi connectivity index (χ1) is 17.7. The van der Waals surface area contributed by atoms with E-state index >= 15 is 0 Å². The molecule has 0 spiro atoms. The lowest BCUT2D eigenvalue weighted by atomic mass is 9.76. The Bertz CT molecular complexity index is 1120. The summed E-state index contributed by atoms with van der Waals surface area (Å²) in [5, 5.41) is 3.52. The Balaban J connectivity index is 1.17. The Morgan fingerprint density at radius 2 is 1.73 bits per heavy atom. The van der Waals surface area contributed by atoms with E-state index in [1.54, 1.807) is 12.1 Å². The average Bonchev–Trinajstić information content (AvgIpc) is 3.38. The van der Waals surface area contributed by atoms with Crippen LogP contribution in [0.3, 0.4) is 0 Å². The van der Waals surface area contributed by atoms with Crippen molar-refractivity contribution in [1.82, 2.24) is 14.5 Å². The third-order valence-corrected chi connectivity index (χ3v) is 9.76. The molecule has 2 fully saturated rings. The minimum Gasteiger partial charge on any atom is -0.367 e. The molecule has 202 valence electrons. The maximum atomic E-state index is 12.8. The van der Waals surface area contributed by atoms with Gasteiger partial charge in [0.05, 0.1) is 11.0 Å². The summed E-state index contributed by atoms with van der Waals surface area (Å²) in [6, 6.07) is 17.3. The van der Waals surface area contributed by atoms with Gasteiger partial charge in [0.15, 0.2) is 0 Å². The number of halogens is 1. The maximum Gasteiger partial charge on any atom is 0.246 e. The maximum absolute atomic E-state index is 12.8. The summed E-state index contributed by atoms with van der Waals surface area (Å²) >= 11 is 5.88. The number of sulfonamides is 1. The molecule has 2 atom stereocenters. The van der Waals surface area contributed by atoms with E-state index in [-0.39, 0.29) is 30.1 Å². The van der Waals surface area contributed by atoms with Crippen LogP contribution in [0.1, 0.15) is 43.7 Å². The van der Waals surface area contributed by atoms with Crippen LogP contribution in [-0.2, 0) is 19.6 Å². The number of nitrogens with one attached hydrogen (secondary N) is 1. The Labute approximate surface area is 226 Å². The van der Waals surface area contributed by atoms with Crippen molar-refractivity contribution >= 4 is 27.5 Å². The lowest BCUT2D eigenvalue weighted by molar-refractivity contribution is -0.127. The number of rotatable bonds is 10. The minimum absolute atomic E-state index is 0.0500. The Kier molecular flexibility index (Phi) is 9.64. The summed E-state index contributed by atoms with van der Waals surface area (Å²) in [5.74, 6) is 0.948. The van der Waals surface area contributed by atoms with Gasteiger partial charge in [0, 0.05) is 30.7 Å². The second-order valence-corrected chi connectivity index (χ2v) is 12.8. The van der Waals surface area contributed by atoms with Crippen LogP contribution in [0.5, 0.6) is 0 Å². The fraction of sp³-hybridized carbons (Fsp3) is 0.536. The number of carbonyl (C=O) groups excluding carboxylic acids is 1. The highest BCUT2D eigenvalue weighted by Gasteiger charge is 2.34. The van der Waals surface area contributed by atoms with E-state index in [0.29, 0.717) is 42.4 Å². The van der Waals surface area contributed by atoms with Crippen molar-refractivity contribution in [1.29, 1.82) is 0 Å². The molecule has 1 saturated carbocycles. The second-order valence-electron chi connectivity index (χ2n) is 10.4. The highest BCUT2D eigenvalue weighted by atomic mass is 35.5. The van der Waals surface area contributed by atoms with Gasteiger partial charge in [-0.05, 0) is 87.9 Å². The predicted octanol–water partition coefficient (Wildman–Crippen LogP) is 4.35. The molecule has 2 unspecified atom stereocenters. The number of hydrogen-bond acceptors (Lipinski definition) is 5. The van der Waals surface area contributed by atoms with Crippen LogP contribution in [0.15, 0.2) is 59.5 Å². The molecule has 2 aliphatic rings. The summed E-state index contributed by atoms with van der Waals surface area (Å²) in [5.41, 5.74) is 1.37. The zero-order valence-electron chi connectivity index (χ0n) is 21.7. The molecule has 9 heteroatoms. The summed E-state index contributed by atoms with van der Waals surface area (Å²) in [7, 11) is 0.712. The van der Waals surface area contributed by atoms with Crippen molar-refractivity contribution in [3.05, 3.63) is 65.2 Å². The van der Waals surface area contributed by atoms with Crippen molar-refractivity contribution in [2.45, 2.75) is 49.1 Å². The molecule has 1 heterocycles. The molecule has 0 aromatic heterocycles. The molecule has 37 heavy (non-hydrogen) atoms. The lowest BCUT2D eigenvalue weighted by Crippen LogP contribution is -2.37. The van der Waals surface area contributed by atoms with Crippen LogP contribution >= 0.6 is 11.6 Å². The van der Waals surface area contributed by atoms with Crippen LogP contribution in [0.25, 0.3) is 0 Å². The van der Waals surface area contributed by atoms with Gasteiger partial charge < -0.3 is 15.0 Å². The molecule has 0 radical (unpaired) electrons. The number of carbonyl (C=O) groups is 1. The molecule has 1 saturated heterocycles. The van der Waals surface area contributed by atoms with Crippen LogP contribution < -0.4 is 5.32 Å². The number of amides is 1. The third kappa shape index (κ3) is 7.33. The van der Waals surface area contributed by atoms with Crippen molar-refractivity contribution in [3.8, 4) is 0 Å². The number of nitrogens with zero attached hydrogens (tertiary/aromatic N) is 2. The molecule has 1 amide bonds. The smallest absolute Gasteiger partial charge is 0.246 e. The normalized spacial score (nSPS) is 23.7. The van der Waals surface area contributed by atoms with Gasteiger partial charge in [-0.3, -0.25) is 4.79 Å². The van der Waals surface area contributed by atoms with Gasteiger partial charge in [-0.1, -0.05) is 41.9 Å². The Morgan fingerprint density at radius 1 is 1.05 bits per heavy atom. The van der Waals surface area contributed by atoms with Gasteiger partial charge in [0.1, 0.15) is 6.61 Å². The summed E-state index contributed by atoms with van der Waals surface area (Å²) in [6.07, 6.45) is 4.78. The van der Waals surface area contributed by atoms with Gasteiger partial charge in [-0.2, -0.15) is 4.31 Å². The molecule has 1 N–H and O–H groups in total. The van der Waals surface area contributed by atoms with E-state index in [4.69, 9.17) is 16.3 Å². The molecular formula is C28H38ClN3O4S. The topological polar surface area (TPSA) is 79.0 Å². The van der Waals surface area contributed by atoms with Crippen LogP contribution in [0.4, 0.5) is 0 Å². The van der Waals surface area contributed by atoms with Gasteiger partial charge >= 0.3 is 0 Å². The van der Waals surface area contributed by atoms with E-state index in [0.717, 1.165) is 25.7 Å². The predicted molar refractivity (Wildman–Crippen MR) is 146 cm³/mol. The minimum atomic E-state index is -3.59. The Morgan fingerprint density at radius 3 is 2.38 bits per heavy atom. The molecular weight excluding hydrogens is 510 g/mol. The average molecular weight is 548 g/mol. The first-order valence-electron chi connectivity index (χ1n) is 13.1. The number of hydrogen-bond donors (Lipinski definition) is 1. The first-order valence-corrected chi connectivity index (χ1v) is 14.9. The number of ether oxygens (including phenoxy) is 1. The molecule has 2 aromatic rings. The SMILES string of the molecule is CN(C)C(c1ccccc1)C1CCC(CNC(=O)COC2CCN(S(=O)(=O)c3ccc(Cl)cc3)C2)CC1. The molecule has 0 bridgehead atoms. The van der Waals surface area contributed by atoms with Gasteiger partial charge in [0.25, 0.3) is 0 Å². The van der Waals surface area contributed by atoms with Crippen molar-refractivity contribution in [2.24, 2.45) is 11.8 Å². The fourth-order valence-corrected chi connectivity index (χ4v) is 7.27. The van der Waals surface area contributed by atoms with Gasteiger partial charge in [-0.25, -0.2) is 8.42 Å². The van der Waals surface area contributed by atoms with Gasteiger partial charge in [0.2, 0.25) is 15.9 Å². The largest absolute Gasteiger partial charge is 0.367 e. The molecule has 7 nitrogen and oxygen atoms in total. The monoisotopic (exact) mass is 547 g/mol. The van der Waals surface area contributed by atoms with Crippen molar-refractivity contribution in [2.75, 3.05) is 40.3 Å². The van der Waals surface area contributed by atoms with E-state index in [1.807, 2.05) is 0 Å². The molecule has 1 aliphatic carbocycles.